The zero-order chi connectivity index (χ0) is 8.55. The van der Waals surface area contributed by atoms with Gasteiger partial charge in [-0.2, -0.15) is 0 Å². The van der Waals surface area contributed by atoms with E-state index in [-0.39, 0.29) is 11.9 Å². The quantitative estimate of drug-likeness (QED) is 0.754. The fourth-order valence-corrected chi connectivity index (χ4v) is 2.29. The Kier molecular flexibility index (Phi) is 2.02. The van der Waals surface area contributed by atoms with Gasteiger partial charge in [-0.15, -0.1) is 11.3 Å². The first-order chi connectivity index (χ1) is 5.75. The van der Waals surface area contributed by atoms with Crippen LogP contribution < -0.4 is 5.32 Å². The molecule has 1 aromatic rings. The SMILES string of the molecule is O=C1CCC(c2cnc(Cl)s2)N1. The number of hydrogen-bond donors (Lipinski definition) is 1. The van der Waals surface area contributed by atoms with Gasteiger partial charge in [-0.05, 0) is 6.42 Å². The van der Waals surface area contributed by atoms with E-state index in [1.165, 1.54) is 11.3 Å². The molecule has 1 atom stereocenters. The zero-order valence-electron chi connectivity index (χ0n) is 6.21. The van der Waals surface area contributed by atoms with Crippen molar-refractivity contribution in [3.63, 3.8) is 0 Å². The summed E-state index contributed by atoms with van der Waals surface area (Å²) in [6, 6.07) is 0.141. The molecule has 1 aliphatic rings. The number of rotatable bonds is 1. The van der Waals surface area contributed by atoms with Crippen molar-refractivity contribution >= 4 is 28.8 Å². The molecule has 64 valence electrons. The van der Waals surface area contributed by atoms with E-state index < -0.39 is 0 Å². The van der Waals surface area contributed by atoms with Crippen LogP contribution in [-0.4, -0.2) is 10.9 Å². The third-order valence-corrected chi connectivity index (χ3v) is 3.06. The van der Waals surface area contributed by atoms with Gasteiger partial charge in [0.15, 0.2) is 4.47 Å². The number of carbonyl (C=O) groups is 1. The van der Waals surface area contributed by atoms with Gasteiger partial charge in [-0.1, -0.05) is 11.6 Å². The molecule has 1 saturated heterocycles. The minimum Gasteiger partial charge on any atom is -0.348 e. The first-order valence-corrected chi connectivity index (χ1v) is 4.86. The minimum absolute atomic E-state index is 0.115. The van der Waals surface area contributed by atoms with Crippen LogP contribution in [0.3, 0.4) is 0 Å². The van der Waals surface area contributed by atoms with E-state index in [4.69, 9.17) is 11.6 Å². The van der Waals surface area contributed by atoms with E-state index in [1.54, 1.807) is 6.20 Å². The molecule has 0 aliphatic carbocycles. The lowest BCUT2D eigenvalue weighted by Crippen LogP contribution is -2.17. The molecule has 5 heteroatoms. The van der Waals surface area contributed by atoms with Gasteiger partial charge < -0.3 is 5.32 Å². The van der Waals surface area contributed by atoms with E-state index in [0.29, 0.717) is 10.9 Å². The summed E-state index contributed by atoms with van der Waals surface area (Å²) in [6.07, 6.45) is 3.20. The number of carbonyl (C=O) groups excluding carboxylic acids is 1. The average Bonchev–Trinajstić information content (AvgIpc) is 2.58. The maximum atomic E-state index is 10.9. The van der Waals surface area contributed by atoms with Crippen molar-refractivity contribution in [3.05, 3.63) is 15.5 Å². The Labute approximate surface area is 78.8 Å². The highest BCUT2D eigenvalue weighted by Gasteiger charge is 2.23. The third-order valence-electron chi connectivity index (χ3n) is 1.83. The maximum Gasteiger partial charge on any atom is 0.220 e. The first-order valence-electron chi connectivity index (χ1n) is 3.66. The highest BCUT2D eigenvalue weighted by Crippen LogP contribution is 2.29. The standard InChI is InChI=1S/C7H7ClN2OS/c8-7-9-3-5(12-7)4-1-2-6(11)10-4/h3-4H,1-2H2,(H,10,11). The Bertz CT molecular complexity index is 312. The van der Waals surface area contributed by atoms with Gasteiger partial charge in [0.25, 0.3) is 0 Å². The second-order valence-corrected chi connectivity index (χ2v) is 4.32. The van der Waals surface area contributed by atoms with Crippen molar-refractivity contribution in [2.45, 2.75) is 18.9 Å². The summed E-state index contributed by atoms with van der Waals surface area (Å²) >= 11 is 7.10. The van der Waals surface area contributed by atoms with E-state index in [9.17, 15) is 4.79 Å². The Morgan fingerprint density at radius 2 is 2.58 bits per heavy atom. The van der Waals surface area contributed by atoms with Crippen LogP contribution in [0.25, 0.3) is 0 Å². The summed E-state index contributed by atoms with van der Waals surface area (Å²) in [7, 11) is 0. The van der Waals surface area contributed by atoms with Crippen molar-refractivity contribution < 1.29 is 4.79 Å². The number of nitrogens with one attached hydrogen (secondary N) is 1. The molecule has 1 aliphatic heterocycles. The molecule has 1 amide bonds. The first kappa shape index (κ1) is 8.01. The number of amides is 1. The van der Waals surface area contributed by atoms with Gasteiger partial charge in [-0.25, -0.2) is 4.98 Å². The number of hydrogen-bond acceptors (Lipinski definition) is 3. The molecule has 1 fully saturated rings. The lowest BCUT2D eigenvalue weighted by molar-refractivity contribution is -0.119. The summed E-state index contributed by atoms with van der Waals surface area (Å²) in [5.41, 5.74) is 0. The second kappa shape index (κ2) is 3.03. The Hall–Kier alpha value is -0.610. The fourth-order valence-electron chi connectivity index (χ4n) is 1.25. The lowest BCUT2D eigenvalue weighted by Gasteiger charge is -2.04. The summed E-state index contributed by atoms with van der Waals surface area (Å²) in [4.78, 5) is 15.8. The fraction of sp³-hybridized carbons (Fsp3) is 0.429. The van der Waals surface area contributed by atoms with Crippen LogP contribution in [0.5, 0.6) is 0 Å². The Morgan fingerprint density at radius 1 is 1.75 bits per heavy atom. The van der Waals surface area contributed by atoms with E-state index in [2.05, 4.69) is 10.3 Å². The minimum atomic E-state index is 0.115. The Morgan fingerprint density at radius 3 is 3.08 bits per heavy atom. The molecule has 1 aromatic heterocycles. The van der Waals surface area contributed by atoms with E-state index in [1.807, 2.05) is 0 Å². The predicted octanol–water partition coefficient (Wildman–Crippen LogP) is 1.75. The molecule has 0 radical (unpaired) electrons. The molecular formula is C7H7ClN2OS. The van der Waals surface area contributed by atoms with Crippen LogP contribution in [0.4, 0.5) is 0 Å². The van der Waals surface area contributed by atoms with Gasteiger partial charge in [0.05, 0.1) is 6.04 Å². The molecule has 3 nitrogen and oxygen atoms in total. The molecule has 0 saturated carbocycles. The van der Waals surface area contributed by atoms with Gasteiger partial charge in [0.1, 0.15) is 0 Å². The molecular weight excluding hydrogens is 196 g/mol. The molecule has 1 N–H and O–H groups in total. The predicted molar refractivity (Wildman–Crippen MR) is 47.2 cm³/mol. The summed E-state index contributed by atoms with van der Waals surface area (Å²) in [5.74, 6) is 0.115. The molecule has 0 spiro atoms. The summed E-state index contributed by atoms with van der Waals surface area (Å²) in [6.45, 7) is 0. The third kappa shape index (κ3) is 1.44. The number of thiazole rings is 1. The molecule has 0 bridgehead atoms. The normalized spacial score (nSPS) is 22.8. The van der Waals surface area contributed by atoms with Crippen molar-refractivity contribution in [1.29, 1.82) is 0 Å². The summed E-state index contributed by atoms with van der Waals surface area (Å²) < 4.78 is 0.533. The smallest absolute Gasteiger partial charge is 0.220 e. The molecule has 2 rings (SSSR count). The van der Waals surface area contributed by atoms with Crippen LogP contribution in [0.15, 0.2) is 6.20 Å². The van der Waals surface area contributed by atoms with Crippen LogP contribution >= 0.6 is 22.9 Å². The largest absolute Gasteiger partial charge is 0.348 e. The van der Waals surface area contributed by atoms with Gasteiger partial charge in [-0.3, -0.25) is 4.79 Å². The van der Waals surface area contributed by atoms with Crippen molar-refractivity contribution in [2.75, 3.05) is 0 Å². The maximum absolute atomic E-state index is 10.9. The monoisotopic (exact) mass is 202 g/mol. The second-order valence-electron chi connectivity index (χ2n) is 2.67. The van der Waals surface area contributed by atoms with E-state index >= 15 is 0 Å². The van der Waals surface area contributed by atoms with E-state index in [0.717, 1.165) is 11.3 Å². The zero-order valence-corrected chi connectivity index (χ0v) is 7.78. The molecule has 1 unspecified atom stereocenters. The summed E-state index contributed by atoms with van der Waals surface area (Å²) in [5, 5.41) is 2.86. The van der Waals surface area contributed by atoms with Crippen molar-refractivity contribution in [3.8, 4) is 0 Å². The van der Waals surface area contributed by atoms with Crippen LogP contribution in [0.1, 0.15) is 23.8 Å². The molecule has 12 heavy (non-hydrogen) atoms. The van der Waals surface area contributed by atoms with Crippen LogP contribution in [-0.2, 0) is 4.79 Å². The topological polar surface area (TPSA) is 42.0 Å². The molecule has 0 aromatic carbocycles. The number of aromatic nitrogens is 1. The van der Waals surface area contributed by atoms with Crippen molar-refractivity contribution in [1.82, 2.24) is 10.3 Å². The number of nitrogens with zero attached hydrogens (tertiary/aromatic N) is 1. The van der Waals surface area contributed by atoms with Gasteiger partial charge in [0.2, 0.25) is 5.91 Å². The van der Waals surface area contributed by atoms with Gasteiger partial charge in [0, 0.05) is 17.5 Å². The highest BCUT2D eigenvalue weighted by molar-refractivity contribution is 7.15. The van der Waals surface area contributed by atoms with Crippen LogP contribution in [0.2, 0.25) is 4.47 Å². The average molecular weight is 203 g/mol. The Balaban J connectivity index is 2.15. The molecule has 2 heterocycles. The number of halogens is 1. The lowest BCUT2D eigenvalue weighted by atomic mass is 10.2. The van der Waals surface area contributed by atoms with Crippen molar-refractivity contribution in [2.24, 2.45) is 0 Å². The van der Waals surface area contributed by atoms with Gasteiger partial charge >= 0.3 is 0 Å². The highest BCUT2D eigenvalue weighted by atomic mass is 35.5. The van der Waals surface area contributed by atoms with Crippen LogP contribution in [0, 0.1) is 0 Å².